The monoisotopic (exact) mass is 314 g/mol. The van der Waals surface area contributed by atoms with Crippen molar-refractivity contribution in [3.8, 4) is 0 Å². The number of hydrogen-bond acceptors (Lipinski definition) is 4. The number of hydrogen-bond donors (Lipinski definition) is 2. The Kier molecular flexibility index (Phi) is 6.56. The smallest absolute Gasteiger partial charge is 0.354 e. The van der Waals surface area contributed by atoms with Gasteiger partial charge in [-0.3, -0.25) is 0 Å². The summed E-state index contributed by atoms with van der Waals surface area (Å²) in [5.74, 6) is -0.434. The summed E-state index contributed by atoms with van der Waals surface area (Å²) in [6, 6.07) is 15.4. The van der Waals surface area contributed by atoms with Crippen molar-refractivity contribution in [1.29, 1.82) is 0 Å². The van der Waals surface area contributed by atoms with Crippen LogP contribution < -0.4 is 5.32 Å². The second-order valence-electron chi connectivity index (χ2n) is 5.38. The van der Waals surface area contributed by atoms with E-state index < -0.39 is 5.97 Å². The number of benzene rings is 1. The largest absolute Gasteiger partial charge is 0.477 e. The molecule has 0 saturated carbocycles. The zero-order valence-electron chi connectivity index (χ0n) is 13.2. The lowest BCUT2D eigenvalue weighted by Gasteiger charge is -2.19. The molecule has 0 amide bonds. The van der Waals surface area contributed by atoms with E-state index in [9.17, 15) is 4.79 Å². The van der Waals surface area contributed by atoms with E-state index in [-0.39, 0.29) is 11.7 Å². The molecule has 0 aliphatic heterocycles. The van der Waals surface area contributed by atoms with E-state index in [2.05, 4.69) is 22.4 Å². The van der Waals surface area contributed by atoms with Crippen molar-refractivity contribution in [2.45, 2.75) is 25.3 Å². The fraction of sp³-hybridized carbons (Fsp3) is 0.333. The average molecular weight is 314 g/mol. The maximum absolute atomic E-state index is 11.0. The quantitative estimate of drug-likeness (QED) is 0.695. The van der Waals surface area contributed by atoms with Crippen LogP contribution in [0.1, 0.15) is 28.9 Å². The first-order valence-electron chi connectivity index (χ1n) is 7.69. The number of nitrogens with one attached hydrogen (secondary N) is 1. The van der Waals surface area contributed by atoms with Crippen molar-refractivity contribution in [1.82, 2.24) is 4.98 Å². The van der Waals surface area contributed by atoms with Crippen LogP contribution in [-0.4, -0.2) is 35.8 Å². The number of aromatic nitrogens is 1. The Labute approximate surface area is 136 Å². The first-order valence-corrected chi connectivity index (χ1v) is 7.69. The number of carbonyl (C=O) groups is 1. The van der Waals surface area contributed by atoms with Gasteiger partial charge in [0.05, 0.1) is 0 Å². The Bertz CT molecular complexity index is 617. The standard InChI is InChI=1S/C18H22N2O3/c1-23-12-6-9-15(13-14-7-3-2-4-8-14)19-17-11-5-10-16(20-17)18(21)22/h2-5,7-8,10-11,15H,6,9,12-13H2,1H3,(H,19,20)(H,21,22). The average Bonchev–Trinajstić information content (AvgIpc) is 2.56. The molecule has 5 heteroatoms. The number of carboxylic acids is 1. The van der Waals surface area contributed by atoms with Crippen molar-refractivity contribution in [3.05, 3.63) is 59.8 Å². The van der Waals surface area contributed by atoms with Crippen molar-refractivity contribution in [2.24, 2.45) is 0 Å². The van der Waals surface area contributed by atoms with Crippen LogP contribution in [0, 0.1) is 0 Å². The lowest BCUT2D eigenvalue weighted by atomic mass is 10.0. The van der Waals surface area contributed by atoms with Crippen LogP contribution in [-0.2, 0) is 11.2 Å². The van der Waals surface area contributed by atoms with Gasteiger partial charge < -0.3 is 15.2 Å². The fourth-order valence-corrected chi connectivity index (χ4v) is 2.44. The van der Waals surface area contributed by atoms with E-state index in [1.54, 1.807) is 19.2 Å². The van der Waals surface area contributed by atoms with Gasteiger partial charge in [0.15, 0.2) is 5.69 Å². The molecular formula is C18H22N2O3. The number of ether oxygens (including phenoxy) is 1. The molecule has 1 aromatic heterocycles. The van der Waals surface area contributed by atoms with Gasteiger partial charge >= 0.3 is 5.97 Å². The van der Waals surface area contributed by atoms with Crippen LogP contribution in [0.15, 0.2) is 48.5 Å². The molecule has 2 aromatic rings. The maximum atomic E-state index is 11.0. The summed E-state index contributed by atoms with van der Waals surface area (Å²) in [6.07, 6.45) is 2.70. The number of carboxylic acid groups (broad SMARTS) is 1. The second kappa shape index (κ2) is 8.90. The van der Waals surface area contributed by atoms with E-state index in [1.165, 1.54) is 11.6 Å². The number of methoxy groups -OCH3 is 1. The zero-order valence-corrected chi connectivity index (χ0v) is 13.2. The van der Waals surface area contributed by atoms with Gasteiger partial charge in [-0.1, -0.05) is 36.4 Å². The van der Waals surface area contributed by atoms with Gasteiger partial charge in [-0.25, -0.2) is 9.78 Å². The highest BCUT2D eigenvalue weighted by molar-refractivity contribution is 5.85. The first kappa shape index (κ1) is 17.0. The van der Waals surface area contributed by atoms with Gasteiger partial charge in [0.1, 0.15) is 5.82 Å². The zero-order chi connectivity index (χ0) is 16.5. The van der Waals surface area contributed by atoms with Gasteiger partial charge in [-0.15, -0.1) is 0 Å². The molecule has 0 spiro atoms. The molecule has 1 atom stereocenters. The molecule has 122 valence electrons. The Balaban J connectivity index is 2.06. The molecule has 0 radical (unpaired) electrons. The third-order valence-electron chi connectivity index (χ3n) is 3.55. The summed E-state index contributed by atoms with van der Waals surface area (Å²) in [4.78, 5) is 15.2. The third kappa shape index (κ3) is 5.71. The topological polar surface area (TPSA) is 71.5 Å². The highest BCUT2D eigenvalue weighted by Gasteiger charge is 2.12. The van der Waals surface area contributed by atoms with Gasteiger partial charge in [0.2, 0.25) is 0 Å². The van der Waals surface area contributed by atoms with Crippen LogP contribution in [0.4, 0.5) is 5.82 Å². The minimum atomic E-state index is -1.02. The number of nitrogens with zero attached hydrogens (tertiary/aromatic N) is 1. The fourth-order valence-electron chi connectivity index (χ4n) is 2.44. The molecular weight excluding hydrogens is 292 g/mol. The van der Waals surface area contributed by atoms with Crippen molar-refractivity contribution >= 4 is 11.8 Å². The molecule has 0 aliphatic carbocycles. The van der Waals surface area contributed by atoms with Crippen LogP contribution in [0.25, 0.3) is 0 Å². The van der Waals surface area contributed by atoms with Gasteiger partial charge in [-0.05, 0) is 37.0 Å². The molecule has 0 saturated heterocycles. The summed E-state index contributed by atoms with van der Waals surface area (Å²) >= 11 is 0. The van der Waals surface area contributed by atoms with E-state index in [0.717, 1.165) is 19.3 Å². The molecule has 1 heterocycles. The molecule has 5 nitrogen and oxygen atoms in total. The Morgan fingerprint density at radius 2 is 2.00 bits per heavy atom. The molecule has 0 bridgehead atoms. The summed E-state index contributed by atoms with van der Waals surface area (Å²) in [5, 5.41) is 12.4. The van der Waals surface area contributed by atoms with Crippen molar-refractivity contribution in [3.63, 3.8) is 0 Å². The number of rotatable bonds is 9. The molecule has 1 aromatic carbocycles. The summed E-state index contributed by atoms with van der Waals surface area (Å²) in [7, 11) is 1.69. The van der Waals surface area contributed by atoms with Crippen molar-refractivity contribution < 1.29 is 14.6 Å². The molecule has 1 unspecified atom stereocenters. The van der Waals surface area contributed by atoms with Crippen LogP contribution in [0.5, 0.6) is 0 Å². The Morgan fingerprint density at radius 1 is 1.22 bits per heavy atom. The first-order chi connectivity index (χ1) is 11.2. The Morgan fingerprint density at radius 3 is 2.70 bits per heavy atom. The molecule has 2 N–H and O–H groups in total. The molecule has 0 fully saturated rings. The SMILES string of the molecule is COCCCC(Cc1ccccc1)Nc1cccc(C(=O)O)n1. The molecule has 23 heavy (non-hydrogen) atoms. The van der Waals surface area contributed by atoms with E-state index >= 15 is 0 Å². The van der Waals surface area contributed by atoms with Crippen LogP contribution >= 0.6 is 0 Å². The number of aromatic carboxylic acids is 1. The van der Waals surface area contributed by atoms with Gasteiger partial charge in [0.25, 0.3) is 0 Å². The van der Waals surface area contributed by atoms with E-state index in [4.69, 9.17) is 9.84 Å². The van der Waals surface area contributed by atoms with Gasteiger partial charge in [-0.2, -0.15) is 0 Å². The predicted molar refractivity (Wildman–Crippen MR) is 89.9 cm³/mol. The molecule has 2 rings (SSSR count). The van der Waals surface area contributed by atoms with Crippen LogP contribution in [0.2, 0.25) is 0 Å². The number of anilines is 1. The minimum Gasteiger partial charge on any atom is -0.477 e. The van der Waals surface area contributed by atoms with E-state index in [0.29, 0.717) is 12.4 Å². The third-order valence-corrected chi connectivity index (χ3v) is 3.55. The van der Waals surface area contributed by atoms with Gasteiger partial charge in [0, 0.05) is 19.8 Å². The highest BCUT2D eigenvalue weighted by Crippen LogP contribution is 2.14. The Hall–Kier alpha value is -2.40. The number of pyridine rings is 1. The lowest BCUT2D eigenvalue weighted by Crippen LogP contribution is -2.24. The minimum absolute atomic E-state index is 0.0466. The summed E-state index contributed by atoms with van der Waals surface area (Å²) < 4.78 is 5.12. The lowest BCUT2D eigenvalue weighted by molar-refractivity contribution is 0.0690. The van der Waals surface area contributed by atoms with Crippen molar-refractivity contribution in [2.75, 3.05) is 19.0 Å². The second-order valence-corrected chi connectivity index (χ2v) is 5.38. The highest BCUT2D eigenvalue weighted by atomic mass is 16.5. The maximum Gasteiger partial charge on any atom is 0.354 e. The molecule has 0 aliphatic rings. The van der Waals surface area contributed by atoms with Crippen LogP contribution in [0.3, 0.4) is 0 Å². The predicted octanol–water partition coefficient (Wildman–Crippen LogP) is 3.23. The summed E-state index contributed by atoms with van der Waals surface area (Å²) in [6.45, 7) is 0.704. The normalized spacial score (nSPS) is 11.9. The summed E-state index contributed by atoms with van der Waals surface area (Å²) in [5.41, 5.74) is 1.28. The van der Waals surface area contributed by atoms with E-state index in [1.807, 2.05) is 18.2 Å².